The summed E-state index contributed by atoms with van der Waals surface area (Å²) in [7, 11) is 0. The standard InChI is InChI=1S/C13H14BrNO3/c14-11-4-2-1-3-10(11)13(18)15(8-12(16)17)7-9-5-6-9/h1-4,9H,5-8H2,(H,16,17). The Morgan fingerprint density at radius 1 is 1.33 bits per heavy atom. The lowest BCUT2D eigenvalue weighted by atomic mass is 10.2. The predicted octanol–water partition coefficient (Wildman–Crippen LogP) is 2.39. The van der Waals surface area contributed by atoms with Crippen molar-refractivity contribution in [1.29, 1.82) is 0 Å². The Labute approximate surface area is 114 Å². The molecular formula is C13H14BrNO3. The summed E-state index contributed by atoms with van der Waals surface area (Å²) in [6.07, 6.45) is 2.17. The van der Waals surface area contributed by atoms with Gasteiger partial charge in [-0.3, -0.25) is 9.59 Å². The van der Waals surface area contributed by atoms with Crippen LogP contribution >= 0.6 is 15.9 Å². The van der Waals surface area contributed by atoms with E-state index in [4.69, 9.17) is 5.11 Å². The monoisotopic (exact) mass is 311 g/mol. The Hall–Kier alpha value is -1.36. The summed E-state index contributed by atoms with van der Waals surface area (Å²) in [4.78, 5) is 24.5. The van der Waals surface area contributed by atoms with Gasteiger partial charge in [-0.1, -0.05) is 12.1 Å². The fourth-order valence-corrected chi connectivity index (χ4v) is 2.25. The number of hydrogen-bond acceptors (Lipinski definition) is 2. The number of rotatable bonds is 5. The van der Waals surface area contributed by atoms with E-state index in [1.165, 1.54) is 4.90 Å². The zero-order chi connectivity index (χ0) is 13.1. The average Bonchev–Trinajstić information content (AvgIpc) is 3.11. The van der Waals surface area contributed by atoms with Gasteiger partial charge in [-0.2, -0.15) is 0 Å². The quantitative estimate of drug-likeness (QED) is 0.908. The van der Waals surface area contributed by atoms with Crippen LogP contribution in [0.25, 0.3) is 0 Å². The third-order valence-electron chi connectivity index (χ3n) is 2.89. The maximum atomic E-state index is 12.3. The first-order valence-corrected chi connectivity index (χ1v) is 6.63. The van der Waals surface area contributed by atoms with Crippen LogP contribution < -0.4 is 0 Å². The summed E-state index contributed by atoms with van der Waals surface area (Å²) >= 11 is 3.32. The van der Waals surface area contributed by atoms with Gasteiger partial charge in [0.1, 0.15) is 6.54 Å². The molecule has 0 saturated heterocycles. The third kappa shape index (κ3) is 3.32. The predicted molar refractivity (Wildman–Crippen MR) is 70.4 cm³/mol. The molecule has 1 fully saturated rings. The van der Waals surface area contributed by atoms with Crippen molar-refractivity contribution in [2.75, 3.05) is 13.1 Å². The minimum Gasteiger partial charge on any atom is -0.480 e. The second kappa shape index (κ2) is 5.52. The van der Waals surface area contributed by atoms with Crippen LogP contribution in [0.2, 0.25) is 0 Å². The molecule has 0 heterocycles. The van der Waals surface area contributed by atoms with Gasteiger partial charge in [0.15, 0.2) is 0 Å². The van der Waals surface area contributed by atoms with Crippen molar-refractivity contribution in [3.63, 3.8) is 0 Å². The smallest absolute Gasteiger partial charge is 0.323 e. The zero-order valence-electron chi connectivity index (χ0n) is 9.80. The number of benzene rings is 1. The van der Waals surface area contributed by atoms with Crippen molar-refractivity contribution in [3.05, 3.63) is 34.3 Å². The maximum Gasteiger partial charge on any atom is 0.323 e. The van der Waals surface area contributed by atoms with Crippen molar-refractivity contribution in [2.24, 2.45) is 5.92 Å². The van der Waals surface area contributed by atoms with Gasteiger partial charge in [0, 0.05) is 11.0 Å². The summed E-state index contributed by atoms with van der Waals surface area (Å²) in [5.41, 5.74) is 0.513. The van der Waals surface area contributed by atoms with Crippen LogP contribution in [0.5, 0.6) is 0 Å². The van der Waals surface area contributed by atoms with E-state index in [9.17, 15) is 9.59 Å². The van der Waals surface area contributed by atoms with Crippen LogP contribution in [0, 0.1) is 5.92 Å². The molecule has 2 rings (SSSR count). The molecule has 0 aromatic heterocycles. The Morgan fingerprint density at radius 2 is 2.00 bits per heavy atom. The van der Waals surface area contributed by atoms with Crippen LogP contribution in [0.1, 0.15) is 23.2 Å². The number of carbonyl (C=O) groups is 2. The summed E-state index contributed by atoms with van der Waals surface area (Å²) in [5, 5.41) is 8.88. The third-order valence-corrected chi connectivity index (χ3v) is 3.58. The average molecular weight is 312 g/mol. The first-order chi connectivity index (χ1) is 8.58. The highest BCUT2D eigenvalue weighted by Crippen LogP contribution is 2.30. The summed E-state index contributed by atoms with van der Waals surface area (Å²) in [6.45, 7) is 0.295. The molecule has 1 N–H and O–H groups in total. The molecule has 4 nitrogen and oxygen atoms in total. The van der Waals surface area contributed by atoms with Gasteiger partial charge < -0.3 is 10.0 Å². The number of aliphatic carboxylic acids is 1. The van der Waals surface area contributed by atoms with Gasteiger partial charge in [0.05, 0.1) is 5.56 Å². The van der Waals surface area contributed by atoms with Crippen LogP contribution in [0.4, 0.5) is 0 Å². The summed E-state index contributed by atoms with van der Waals surface area (Å²) < 4.78 is 0.696. The van der Waals surface area contributed by atoms with E-state index in [1.54, 1.807) is 18.2 Å². The number of nitrogens with zero attached hydrogens (tertiary/aromatic N) is 1. The van der Waals surface area contributed by atoms with Gasteiger partial charge in [0.25, 0.3) is 5.91 Å². The molecular weight excluding hydrogens is 298 g/mol. The molecule has 5 heteroatoms. The molecule has 0 atom stereocenters. The number of carboxylic acid groups (broad SMARTS) is 1. The number of carbonyl (C=O) groups excluding carboxylic acids is 1. The van der Waals surface area contributed by atoms with Crippen molar-refractivity contribution in [2.45, 2.75) is 12.8 Å². The van der Waals surface area contributed by atoms with Gasteiger partial charge in [0.2, 0.25) is 0 Å². The zero-order valence-corrected chi connectivity index (χ0v) is 11.4. The Kier molecular flexibility index (Phi) is 4.01. The van der Waals surface area contributed by atoms with Gasteiger partial charge >= 0.3 is 5.97 Å². The van der Waals surface area contributed by atoms with Crippen LogP contribution in [0.15, 0.2) is 28.7 Å². The van der Waals surface area contributed by atoms with E-state index in [-0.39, 0.29) is 12.5 Å². The minimum absolute atomic E-state index is 0.225. The van der Waals surface area contributed by atoms with Gasteiger partial charge in [-0.15, -0.1) is 0 Å². The van der Waals surface area contributed by atoms with E-state index in [0.717, 1.165) is 12.8 Å². The SMILES string of the molecule is O=C(O)CN(CC1CC1)C(=O)c1ccccc1Br. The molecule has 18 heavy (non-hydrogen) atoms. The Balaban J connectivity index is 2.15. The first kappa shape index (κ1) is 13.1. The molecule has 0 aliphatic heterocycles. The fraction of sp³-hybridized carbons (Fsp3) is 0.385. The molecule has 1 saturated carbocycles. The molecule has 0 radical (unpaired) electrons. The van der Waals surface area contributed by atoms with E-state index in [0.29, 0.717) is 22.5 Å². The van der Waals surface area contributed by atoms with E-state index in [2.05, 4.69) is 15.9 Å². The number of carboxylic acids is 1. The lowest BCUT2D eigenvalue weighted by Gasteiger charge is -2.21. The number of amides is 1. The highest BCUT2D eigenvalue weighted by molar-refractivity contribution is 9.10. The lowest BCUT2D eigenvalue weighted by Crippen LogP contribution is -2.37. The van der Waals surface area contributed by atoms with Crippen molar-refractivity contribution in [1.82, 2.24) is 4.90 Å². The molecule has 1 aromatic carbocycles. The molecule has 0 spiro atoms. The molecule has 1 amide bonds. The Morgan fingerprint density at radius 3 is 2.56 bits per heavy atom. The number of hydrogen-bond donors (Lipinski definition) is 1. The highest BCUT2D eigenvalue weighted by atomic mass is 79.9. The van der Waals surface area contributed by atoms with E-state index < -0.39 is 5.97 Å². The normalized spacial score (nSPS) is 14.3. The molecule has 1 aromatic rings. The van der Waals surface area contributed by atoms with Crippen molar-refractivity contribution in [3.8, 4) is 0 Å². The van der Waals surface area contributed by atoms with E-state index in [1.807, 2.05) is 6.07 Å². The second-order valence-electron chi connectivity index (χ2n) is 4.50. The second-order valence-corrected chi connectivity index (χ2v) is 5.36. The fourth-order valence-electron chi connectivity index (χ4n) is 1.80. The lowest BCUT2D eigenvalue weighted by molar-refractivity contribution is -0.137. The van der Waals surface area contributed by atoms with Gasteiger partial charge in [-0.05, 0) is 46.8 Å². The highest BCUT2D eigenvalue weighted by Gasteiger charge is 2.28. The van der Waals surface area contributed by atoms with Crippen LogP contribution in [-0.4, -0.2) is 35.0 Å². The first-order valence-electron chi connectivity index (χ1n) is 5.83. The molecule has 0 unspecified atom stereocenters. The largest absolute Gasteiger partial charge is 0.480 e. The minimum atomic E-state index is -0.976. The van der Waals surface area contributed by atoms with Crippen molar-refractivity contribution < 1.29 is 14.7 Å². The topological polar surface area (TPSA) is 57.6 Å². The van der Waals surface area contributed by atoms with Crippen LogP contribution in [-0.2, 0) is 4.79 Å². The maximum absolute atomic E-state index is 12.3. The molecule has 1 aliphatic rings. The van der Waals surface area contributed by atoms with Gasteiger partial charge in [-0.25, -0.2) is 0 Å². The van der Waals surface area contributed by atoms with Crippen LogP contribution in [0.3, 0.4) is 0 Å². The molecule has 96 valence electrons. The van der Waals surface area contributed by atoms with Crippen molar-refractivity contribution >= 4 is 27.8 Å². The number of halogens is 1. The van der Waals surface area contributed by atoms with E-state index >= 15 is 0 Å². The Bertz CT molecular complexity index is 471. The molecule has 1 aliphatic carbocycles. The summed E-state index contributed by atoms with van der Waals surface area (Å²) in [6, 6.07) is 7.08. The summed E-state index contributed by atoms with van der Waals surface area (Å²) in [5.74, 6) is -0.733. The molecule has 0 bridgehead atoms.